The Morgan fingerprint density at radius 3 is 2.48 bits per heavy atom. The van der Waals surface area contributed by atoms with Crippen molar-refractivity contribution >= 4 is 33.1 Å². The zero-order valence-electron chi connectivity index (χ0n) is 16.2. The maximum atomic E-state index is 12.6. The van der Waals surface area contributed by atoms with Crippen molar-refractivity contribution in [3.8, 4) is 5.75 Å². The molecule has 8 nitrogen and oxygen atoms in total. The molecule has 0 radical (unpaired) electrons. The Morgan fingerprint density at radius 1 is 1.10 bits per heavy atom. The third kappa shape index (κ3) is 4.77. The Labute approximate surface area is 170 Å². The van der Waals surface area contributed by atoms with Gasteiger partial charge in [-0.1, -0.05) is 0 Å². The second-order valence-corrected chi connectivity index (χ2v) is 10.1. The van der Waals surface area contributed by atoms with Crippen LogP contribution in [0.5, 0.6) is 5.75 Å². The fraction of sp³-hybridized carbons (Fsp3) is 0.550. The van der Waals surface area contributed by atoms with Crippen molar-refractivity contribution in [2.45, 2.75) is 57.1 Å². The molecule has 0 bridgehead atoms. The highest BCUT2D eigenvalue weighted by Gasteiger charge is 2.37. The predicted molar refractivity (Wildman–Crippen MR) is 109 cm³/mol. The Kier molecular flexibility index (Phi) is 5.58. The molecule has 156 valence electrons. The number of sulfone groups is 1. The van der Waals surface area contributed by atoms with Crippen molar-refractivity contribution in [3.05, 3.63) is 24.3 Å². The number of amides is 2. The number of hydrogen-bond acceptors (Lipinski definition) is 6. The van der Waals surface area contributed by atoms with Gasteiger partial charge >= 0.3 is 0 Å². The zero-order chi connectivity index (χ0) is 20.4. The summed E-state index contributed by atoms with van der Waals surface area (Å²) in [6.07, 6.45) is 5.58. The van der Waals surface area contributed by atoms with Crippen LogP contribution in [-0.2, 0) is 19.4 Å². The van der Waals surface area contributed by atoms with Crippen molar-refractivity contribution in [2.24, 2.45) is 5.10 Å². The largest absolute Gasteiger partial charge is 0.490 e. The Balaban J connectivity index is 1.39. The average molecular weight is 420 g/mol. The molecule has 1 unspecified atom stereocenters. The Bertz CT molecular complexity index is 920. The quantitative estimate of drug-likeness (QED) is 0.787. The van der Waals surface area contributed by atoms with Crippen LogP contribution < -0.4 is 10.1 Å². The van der Waals surface area contributed by atoms with Gasteiger partial charge in [0.05, 0.1) is 23.7 Å². The number of hydrazone groups is 1. The first-order valence-electron chi connectivity index (χ1n) is 10.1. The molecule has 1 atom stereocenters. The van der Waals surface area contributed by atoms with Crippen LogP contribution in [0.4, 0.5) is 5.69 Å². The fourth-order valence-electron chi connectivity index (χ4n) is 4.01. The van der Waals surface area contributed by atoms with Gasteiger partial charge in [-0.2, -0.15) is 5.10 Å². The number of carbonyl (C=O) groups is 2. The van der Waals surface area contributed by atoms with E-state index in [2.05, 4.69) is 10.4 Å². The number of carbonyl (C=O) groups excluding carboxylic acids is 2. The van der Waals surface area contributed by atoms with Crippen LogP contribution in [0.2, 0.25) is 0 Å². The second-order valence-electron chi connectivity index (χ2n) is 7.84. The molecule has 1 saturated carbocycles. The molecule has 29 heavy (non-hydrogen) atoms. The van der Waals surface area contributed by atoms with Gasteiger partial charge in [0.2, 0.25) is 5.91 Å². The lowest BCUT2D eigenvalue weighted by Gasteiger charge is -2.27. The van der Waals surface area contributed by atoms with Gasteiger partial charge in [-0.3, -0.25) is 9.59 Å². The molecular weight excluding hydrogens is 394 g/mol. The van der Waals surface area contributed by atoms with Crippen molar-refractivity contribution < 1.29 is 22.7 Å². The molecule has 1 aromatic rings. The minimum absolute atomic E-state index is 0.0494. The lowest BCUT2D eigenvalue weighted by Crippen LogP contribution is -2.42. The molecule has 0 aromatic heterocycles. The van der Waals surface area contributed by atoms with Crippen LogP contribution in [0.25, 0.3) is 0 Å². The van der Waals surface area contributed by atoms with E-state index in [-0.39, 0.29) is 48.0 Å². The Morgan fingerprint density at radius 2 is 1.83 bits per heavy atom. The summed E-state index contributed by atoms with van der Waals surface area (Å²) in [6.45, 7) is 0. The van der Waals surface area contributed by atoms with Gasteiger partial charge in [0.15, 0.2) is 9.84 Å². The first-order chi connectivity index (χ1) is 13.9. The van der Waals surface area contributed by atoms with Crippen LogP contribution in [0.15, 0.2) is 29.4 Å². The molecule has 1 aliphatic carbocycles. The van der Waals surface area contributed by atoms with Gasteiger partial charge in [-0.05, 0) is 56.4 Å². The summed E-state index contributed by atoms with van der Waals surface area (Å²) in [5, 5.41) is 8.18. The summed E-state index contributed by atoms with van der Waals surface area (Å²) in [5.74, 6) is 0.113. The van der Waals surface area contributed by atoms with E-state index in [0.717, 1.165) is 18.6 Å². The van der Waals surface area contributed by atoms with Gasteiger partial charge in [-0.15, -0.1) is 0 Å². The van der Waals surface area contributed by atoms with Gasteiger partial charge in [0.25, 0.3) is 5.91 Å². The summed E-state index contributed by atoms with van der Waals surface area (Å²) in [4.78, 5) is 24.8. The van der Waals surface area contributed by atoms with E-state index in [4.69, 9.17) is 4.74 Å². The highest BCUT2D eigenvalue weighted by atomic mass is 32.2. The van der Waals surface area contributed by atoms with Gasteiger partial charge in [-0.25, -0.2) is 13.4 Å². The van der Waals surface area contributed by atoms with Crippen LogP contribution in [0.3, 0.4) is 0 Å². The first kappa shape index (κ1) is 19.9. The molecule has 2 fully saturated rings. The summed E-state index contributed by atoms with van der Waals surface area (Å²) >= 11 is 0. The van der Waals surface area contributed by atoms with Crippen molar-refractivity contribution in [2.75, 3.05) is 16.8 Å². The smallest absolute Gasteiger partial charge is 0.271 e. The maximum absolute atomic E-state index is 12.6. The molecule has 0 spiro atoms. The summed E-state index contributed by atoms with van der Waals surface area (Å²) in [6, 6.07) is 6.73. The lowest BCUT2D eigenvalue weighted by molar-refractivity contribution is -0.133. The second kappa shape index (κ2) is 8.14. The molecule has 4 rings (SSSR count). The molecular formula is C20H25N3O5S. The molecule has 2 heterocycles. The summed E-state index contributed by atoms with van der Waals surface area (Å²) in [7, 11) is -3.14. The van der Waals surface area contributed by atoms with E-state index in [0.29, 0.717) is 12.1 Å². The topological polar surface area (TPSA) is 105 Å². The lowest BCUT2D eigenvalue weighted by atomic mass is 10.1. The van der Waals surface area contributed by atoms with Crippen molar-refractivity contribution in [1.82, 2.24) is 5.01 Å². The summed E-state index contributed by atoms with van der Waals surface area (Å²) < 4.78 is 29.3. The minimum atomic E-state index is -3.14. The van der Waals surface area contributed by atoms with Gasteiger partial charge < -0.3 is 10.1 Å². The van der Waals surface area contributed by atoms with Crippen molar-refractivity contribution in [1.29, 1.82) is 0 Å². The number of anilines is 1. The highest BCUT2D eigenvalue weighted by Crippen LogP contribution is 2.26. The fourth-order valence-corrected chi connectivity index (χ4v) is 5.70. The zero-order valence-corrected chi connectivity index (χ0v) is 17.0. The monoisotopic (exact) mass is 419 g/mol. The van der Waals surface area contributed by atoms with Crippen LogP contribution >= 0.6 is 0 Å². The van der Waals surface area contributed by atoms with Crippen LogP contribution in [0.1, 0.15) is 44.9 Å². The van der Waals surface area contributed by atoms with E-state index in [1.165, 1.54) is 17.9 Å². The first-order valence-corrected chi connectivity index (χ1v) is 11.9. The van der Waals surface area contributed by atoms with Gasteiger partial charge in [0.1, 0.15) is 11.5 Å². The molecule has 1 N–H and O–H groups in total. The predicted octanol–water partition coefficient (Wildman–Crippen LogP) is 2.11. The Hall–Kier alpha value is -2.42. The van der Waals surface area contributed by atoms with Crippen molar-refractivity contribution in [3.63, 3.8) is 0 Å². The number of ether oxygens (including phenoxy) is 1. The standard InChI is InChI=1S/C20H25N3O5S/c24-19-10-9-18(22-23(19)15-11-12-29(26,27)13-15)20(25)21-14-5-7-17(8-6-14)28-16-3-1-2-4-16/h5-8,15-16H,1-4,9-13H2,(H,21,25). The number of rotatable bonds is 5. The maximum Gasteiger partial charge on any atom is 0.271 e. The number of nitrogens with one attached hydrogen (secondary N) is 1. The van der Waals surface area contributed by atoms with E-state index >= 15 is 0 Å². The number of nitrogens with zero attached hydrogens (tertiary/aromatic N) is 2. The number of benzene rings is 1. The summed E-state index contributed by atoms with van der Waals surface area (Å²) in [5.41, 5.74) is 0.851. The average Bonchev–Trinajstić information content (AvgIpc) is 3.33. The third-order valence-corrected chi connectivity index (χ3v) is 7.34. The number of hydrogen-bond donors (Lipinski definition) is 1. The SMILES string of the molecule is O=C(Nc1ccc(OC2CCCC2)cc1)C1=NN(C2CCS(=O)(=O)C2)C(=O)CC1. The van der Waals surface area contributed by atoms with E-state index in [9.17, 15) is 18.0 Å². The minimum Gasteiger partial charge on any atom is -0.490 e. The molecule has 2 amide bonds. The molecule has 3 aliphatic rings. The molecule has 9 heteroatoms. The third-order valence-electron chi connectivity index (χ3n) is 5.59. The highest BCUT2D eigenvalue weighted by molar-refractivity contribution is 7.91. The van der Waals surface area contributed by atoms with E-state index in [1.54, 1.807) is 12.1 Å². The molecule has 2 aliphatic heterocycles. The van der Waals surface area contributed by atoms with Crippen LogP contribution in [0, 0.1) is 0 Å². The normalized spacial score (nSPS) is 24.4. The van der Waals surface area contributed by atoms with Gasteiger partial charge in [0, 0.05) is 18.5 Å². The van der Waals surface area contributed by atoms with Crippen LogP contribution in [-0.4, -0.2) is 54.6 Å². The molecule has 1 saturated heterocycles. The molecule has 1 aromatic carbocycles. The van der Waals surface area contributed by atoms with E-state index in [1.807, 2.05) is 12.1 Å². The van der Waals surface area contributed by atoms with E-state index < -0.39 is 15.9 Å².